The highest BCUT2D eigenvalue weighted by Gasteiger charge is 2.11. The van der Waals surface area contributed by atoms with Crippen LogP contribution in [0.5, 0.6) is 0 Å². The van der Waals surface area contributed by atoms with Gasteiger partial charge in [-0.05, 0) is 24.3 Å². The lowest BCUT2D eigenvalue weighted by Crippen LogP contribution is -1.99. The summed E-state index contributed by atoms with van der Waals surface area (Å²) in [7, 11) is 0. The van der Waals surface area contributed by atoms with Crippen molar-refractivity contribution in [3.8, 4) is 22.4 Å². The molecule has 3 aromatic rings. The number of hydrogen-bond donors (Lipinski definition) is 1. The van der Waals surface area contributed by atoms with Gasteiger partial charge in [-0.15, -0.1) is 0 Å². The Morgan fingerprint density at radius 1 is 1.00 bits per heavy atom. The van der Waals surface area contributed by atoms with Crippen LogP contribution < -0.4 is 5.73 Å². The van der Waals surface area contributed by atoms with Crippen molar-refractivity contribution < 1.29 is 4.39 Å². The van der Waals surface area contributed by atoms with Crippen LogP contribution in [0.3, 0.4) is 0 Å². The van der Waals surface area contributed by atoms with Crippen LogP contribution in [0.2, 0.25) is 5.15 Å². The lowest BCUT2D eigenvalue weighted by molar-refractivity contribution is 0.628. The predicted molar refractivity (Wildman–Crippen MR) is 80.1 cm³/mol. The molecule has 0 saturated heterocycles. The summed E-state index contributed by atoms with van der Waals surface area (Å²) in [4.78, 5) is 12.3. The van der Waals surface area contributed by atoms with Crippen molar-refractivity contribution >= 4 is 17.5 Å². The average Bonchev–Trinajstić information content (AvgIpc) is 2.48. The van der Waals surface area contributed by atoms with Gasteiger partial charge in [-0.2, -0.15) is 0 Å². The molecule has 2 heterocycles. The summed E-state index contributed by atoms with van der Waals surface area (Å²) in [5.41, 5.74) is 8.30. The van der Waals surface area contributed by atoms with Gasteiger partial charge in [0.15, 0.2) is 0 Å². The summed E-state index contributed by atoms with van der Waals surface area (Å²) >= 11 is 5.79. The van der Waals surface area contributed by atoms with Gasteiger partial charge < -0.3 is 5.73 Å². The Balaban J connectivity index is 2.20. The molecule has 0 aliphatic rings. The zero-order valence-electron chi connectivity index (χ0n) is 10.8. The summed E-state index contributed by atoms with van der Waals surface area (Å²) < 4.78 is 13.4. The quantitative estimate of drug-likeness (QED) is 0.735. The molecule has 4 nitrogen and oxygen atoms in total. The Morgan fingerprint density at radius 2 is 1.86 bits per heavy atom. The Morgan fingerprint density at radius 3 is 2.57 bits per heavy atom. The summed E-state index contributed by atoms with van der Waals surface area (Å²) in [5.74, 6) is -0.218. The number of nitrogens with two attached hydrogens (primary N) is 1. The lowest BCUT2D eigenvalue weighted by atomic mass is 10.0. The van der Waals surface area contributed by atoms with Crippen molar-refractivity contribution in [3.63, 3.8) is 0 Å². The van der Waals surface area contributed by atoms with Gasteiger partial charge in [0.05, 0.1) is 5.69 Å². The van der Waals surface area contributed by atoms with Gasteiger partial charge in [0.25, 0.3) is 0 Å². The molecular formula is C15H10ClFN4. The van der Waals surface area contributed by atoms with Crippen LogP contribution in [0.25, 0.3) is 22.4 Å². The second-order valence-electron chi connectivity index (χ2n) is 4.37. The van der Waals surface area contributed by atoms with Gasteiger partial charge in [0.2, 0.25) is 5.95 Å². The van der Waals surface area contributed by atoms with Crippen molar-refractivity contribution in [2.45, 2.75) is 0 Å². The highest BCUT2D eigenvalue weighted by Crippen LogP contribution is 2.30. The topological polar surface area (TPSA) is 64.7 Å². The van der Waals surface area contributed by atoms with Crippen molar-refractivity contribution in [1.82, 2.24) is 15.0 Å². The predicted octanol–water partition coefficient (Wildman–Crippen LogP) is 3.58. The molecule has 2 N–H and O–H groups in total. The summed E-state index contributed by atoms with van der Waals surface area (Å²) in [6.07, 6.45) is 3.20. The minimum Gasteiger partial charge on any atom is -0.368 e. The van der Waals surface area contributed by atoms with Gasteiger partial charge in [-0.1, -0.05) is 23.7 Å². The maximum Gasteiger partial charge on any atom is 0.220 e. The van der Waals surface area contributed by atoms with Crippen LogP contribution in [0.1, 0.15) is 0 Å². The smallest absolute Gasteiger partial charge is 0.220 e. The van der Waals surface area contributed by atoms with Gasteiger partial charge in [-0.25, -0.2) is 19.3 Å². The molecular weight excluding hydrogens is 291 g/mol. The van der Waals surface area contributed by atoms with Crippen LogP contribution in [-0.2, 0) is 0 Å². The molecule has 0 saturated carbocycles. The highest BCUT2D eigenvalue weighted by atomic mass is 35.5. The third-order valence-corrected chi connectivity index (χ3v) is 3.17. The van der Waals surface area contributed by atoms with Crippen LogP contribution in [0.4, 0.5) is 10.3 Å². The molecule has 6 heteroatoms. The fourth-order valence-electron chi connectivity index (χ4n) is 2.00. The van der Waals surface area contributed by atoms with Gasteiger partial charge in [0, 0.05) is 29.1 Å². The lowest BCUT2D eigenvalue weighted by Gasteiger charge is -2.09. The number of pyridine rings is 1. The first-order valence-electron chi connectivity index (χ1n) is 6.14. The first-order valence-corrected chi connectivity index (χ1v) is 6.51. The number of nitrogen functional groups attached to an aromatic ring is 1. The van der Waals surface area contributed by atoms with E-state index in [9.17, 15) is 4.39 Å². The molecule has 0 aliphatic heterocycles. The maximum atomic E-state index is 13.4. The zero-order chi connectivity index (χ0) is 14.8. The van der Waals surface area contributed by atoms with E-state index >= 15 is 0 Å². The van der Waals surface area contributed by atoms with E-state index < -0.39 is 0 Å². The molecule has 0 unspecified atom stereocenters. The monoisotopic (exact) mass is 300 g/mol. The van der Waals surface area contributed by atoms with Crippen molar-refractivity contribution in [3.05, 3.63) is 59.8 Å². The Hall–Kier alpha value is -2.53. The summed E-state index contributed by atoms with van der Waals surface area (Å²) in [5, 5.41) is 0.391. The third-order valence-electron chi connectivity index (χ3n) is 2.94. The van der Waals surface area contributed by atoms with E-state index in [2.05, 4.69) is 15.0 Å². The highest BCUT2D eigenvalue weighted by molar-refractivity contribution is 6.29. The minimum absolute atomic E-state index is 0.125. The van der Waals surface area contributed by atoms with Crippen LogP contribution in [0, 0.1) is 5.82 Å². The molecule has 0 radical (unpaired) electrons. The fourth-order valence-corrected chi connectivity index (χ4v) is 2.11. The molecule has 0 amide bonds. The molecule has 0 fully saturated rings. The Bertz CT molecular complexity index is 790. The second kappa shape index (κ2) is 5.46. The van der Waals surface area contributed by atoms with E-state index in [0.717, 1.165) is 5.56 Å². The number of benzene rings is 1. The number of rotatable bonds is 2. The number of anilines is 1. The van der Waals surface area contributed by atoms with Gasteiger partial charge in [-0.3, -0.25) is 0 Å². The molecule has 1 aromatic carbocycles. The molecule has 2 aromatic heterocycles. The minimum atomic E-state index is -0.343. The second-order valence-corrected chi connectivity index (χ2v) is 4.76. The molecule has 0 aliphatic carbocycles. The largest absolute Gasteiger partial charge is 0.368 e. The van der Waals surface area contributed by atoms with Crippen molar-refractivity contribution in [2.24, 2.45) is 0 Å². The number of halogens is 2. The Kier molecular flexibility index (Phi) is 3.50. The normalized spacial score (nSPS) is 10.6. The average molecular weight is 301 g/mol. The first-order chi connectivity index (χ1) is 10.1. The van der Waals surface area contributed by atoms with Crippen molar-refractivity contribution in [2.75, 3.05) is 5.73 Å². The van der Waals surface area contributed by atoms with Crippen LogP contribution in [-0.4, -0.2) is 15.0 Å². The third kappa shape index (κ3) is 2.83. The molecule has 104 valence electrons. The maximum absolute atomic E-state index is 13.4. The Labute approximate surface area is 125 Å². The van der Waals surface area contributed by atoms with Crippen LogP contribution >= 0.6 is 11.6 Å². The standard InChI is InChI=1S/C15H10ClFN4/c16-13-5-4-10(7-19-13)12-8-20-15(18)21-14(12)9-2-1-3-11(17)6-9/h1-8H,(H2,18,20,21). The number of nitrogens with zero attached hydrogens (tertiary/aromatic N) is 3. The SMILES string of the molecule is Nc1ncc(-c2ccc(Cl)nc2)c(-c2cccc(F)c2)n1. The van der Waals surface area contributed by atoms with E-state index in [4.69, 9.17) is 17.3 Å². The summed E-state index contributed by atoms with van der Waals surface area (Å²) in [6, 6.07) is 9.62. The van der Waals surface area contributed by atoms with Gasteiger partial charge in [0.1, 0.15) is 11.0 Å². The summed E-state index contributed by atoms with van der Waals surface area (Å²) in [6.45, 7) is 0. The number of aromatic nitrogens is 3. The molecule has 0 atom stereocenters. The van der Waals surface area contributed by atoms with Crippen molar-refractivity contribution in [1.29, 1.82) is 0 Å². The van der Waals surface area contributed by atoms with E-state index in [1.807, 2.05) is 0 Å². The van der Waals surface area contributed by atoms with Crippen LogP contribution in [0.15, 0.2) is 48.8 Å². The molecule has 3 rings (SSSR count). The van der Waals surface area contributed by atoms with E-state index in [-0.39, 0.29) is 11.8 Å². The zero-order valence-corrected chi connectivity index (χ0v) is 11.5. The van der Waals surface area contributed by atoms with Gasteiger partial charge >= 0.3 is 0 Å². The first kappa shape index (κ1) is 13.5. The molecule has 21 heavy (non-hydrogen) atoms. The molecule has 0 spiro atoms. The van der Waals surface area contributed by atoms with E-state index in [0.29, 0.717) is 22.0 Å². The van der Waals surface area contributed by atoms with E-state index in [1.165, 1.54) is 12.1 Å². The molecule has 0 bridgehead atoms. The fraction of sp³-hybridized carbons (Fsp3) is 0. The van der Waals surface area contributed by atoms with E-state index in [1.54, 1.807) is 36.7 Å². The number of hydrogen-bond acceptors (Lipinski definition) is 4.